The maximum absolute atomic E-state index is 5.25. The number of aryl methyl sites for hydroxylation is 1. The van der Waals surface area contributed by atoms with Crippen molar-refractivity contribution in [2.45, 2.75) is 19.9 Å². The highest BCUT2D eigenvalue weighted by atomic mass is 16.5. The van der Waals surface area contributed by atoms with E-state index in [1.54, 1.807) is 7.11 Å². The van der Waals surface area contributed by atoms with Gasteiger partial charge < -0.3 is 9.64 Å². The first-order valence-corrected chi connectivity index (χ1v) is 8.42. The Balaban J connectivity index is 1.61. The van der Waals surface area contributed by atoms with Gasteiger partial charge in [0, 0.05) is 38.4 Å². The van der Waals surface area contributed by atoms with E-state index in [2.05, 4.69) is 53.1 Å². The van der Waals surface area contributed by atoms with Crippen molar-refractivity contribution in [3.8, 4) is 5.75 Å². The molecule has 0 unspecified atom stereocenters. The van der Waals surface area contributed by atoms with E-state index in [0.29, 0.717) is 0 Å². The molecule has 2 aromatic rings. The zero-order valence-corrected chi connectivity index (χ0v) is 14.2. The Hall–Kier alpha value is -2.00. The van der Waals surface area contributed by atoms with Crippen LogP contribution < -0.4 is 9.64 Å². The van der Waals surface area contributed by atoms with Gasteiger partial charge in [0.2, 0.25) is 0 Å². The van der Waals surface area contributed by atoms with Gasteiger partial charge >= 0.3 is 0 Å². The summed E-state index contributed by atoms with van der Waals surface area (Å²) in [6.45, 7) is 7.75. The molecule has 0 spiro atoms. The minimum atomic E-state index is 0.921. The third-order valence-corrected chi connectivity index (χ3v) is 4.68. The van der Waals surface area contributed by atoms with E-state index in [-0.39, 0.29) is 0 Å². The smallest absolute Gasteiger partial charge is 0.119 e. The lowest BCUT2D eigenvalue weighted by atomic mass is 10.1. The van der Waals surface area contributed by atoms with Crippen LogP contribution in [0.2, 0.25) is 0 Å². The highest BCUT2D eigenvalue weighted by Crippen LogP contribution is 2.21. The van der Waals surface area contributed by atoms with Crippen molar-refractivity contribution >= 4 is 5.69 Å². The Morgan fingerprint density at radius 3 is 2.43 bits per heavy atom. The van der Waals surface area contributed by atoms with Crippen molar-refractivity contribution in [1.29, 1.82) is 0 Å². The molecule has 2 aromatic carbocycles. The zero-order chi connectivity index (χ0) is 16.1. The number of hydrogen-bond acceptors (Lipinski definition) is 3. The van der Waals surface area contributed by atoms with Gasteiger partial charge in [-0.3, -0.25) is 4.90 Å². The molecular weight excluding hydrogens is 284 g/mol. The second kappa shape index (κ2) is 7.51. The standard InChI is InChI=1S/C20H26N2O/c1-17-6-3-4-7-18(17)16-21-12-5-13-22(15-14-21)19-8-10-20(23-2)11-9-19/h3-4,6-11H,5,12-16H2,1-2H3. The minimum absolute atomic E-state index is 0.921. The Kier molecular flexibility index (Phi) is 5.19. The molecule has 0 atom stereocenters. The molecule has 3 rings (SSSR count). The molecule has 1 aliphatic heterocycles. The summed E-state index contributed by atoms with van der Waals surface area (Å²) in [5.74, 6) is 0.921. The van der Waals surface area contributed by atoms with E-state index in [4.69, 9.17) is 4.74 Å². The van der Waals surface area contributed by atoms with Crippen LogP contribution in [-0.2, 0) is 6.54 Å². The van der Waals surface area contributed by atoms with Crippen molar-refractivity contribution < 1.29 is 4.74 Å². The van der Waals surface area contributed by atoms with Crippen LogP contribution in [0.5, 0.6) is 5.75 Å². The van der Waals surface area contributed by atoms with Gasteiger partial charge in [0.15, 0.2) is 0 Å². The lowest BCUT2D eigenvalue weighted by Gasteiger charge is -2.24. The first kappa shape index (κ1) is 15.9. The monoisotopic (exact) mass is 310 g/mol. The van der Waals surface area contributed by atoms with Crippen molar-refractivity contribution in [2.24, 2.45) is 0 Å². The predicted molar refractivity (Wildman–Crippen MR) is 96.3 cm³/mol. The van der Waals surface area contributed by atoms with Crippen LogP contribution in [0, 0.1) is 6.92 Å². The number of anilines is 1. The van der Waals surface area contributed by atoms with Crippen LogP contribution in [-0.4, -0.2) is 38.2 Å². The van der Waals surface area contributed by atoms with Gasteiger partial charge in [-0.25, -0.2) is 0 Å². The van der Waals surface area contributed by atoms with Gasteiger partial charge in [-0.1, -0.05) is 24.3 Å². The third kappa shape index (κ3) is 4.05. The van der Waals surface area contributed by atoms with Gasteiger partial charge in [-0.15, -0.1) is 0 Å². The number of rotatable bonds is 4. The Morgan fingerprint density at radius 1 is 0.913 bits per heavy atom. The van der Waals surface area contributed by atoms with E-state index in [1.807, 2.05) is 12.1 Å². The normalized spacial score (nSPS) is 16.2. The molecule has 1 aliphatic rings. The fourth-order valence-corrected chi connectivity index (χ4v) is 3.21. The molecule has 0 N–H and O–H groups in total. The molecule has 0 aliphatic carbocycles. The average Bonchev–Trinajstić information content (AvgIpc) is 2.83. The van der Waals surface area contributed by atoms with Crippen LogP contribution in [0.4, 0.5) is 5.69 Å². The zero-order valence-electron chi connectivity index (χ0n) is 14.2. The van der Waals surface area contributed by atoms with Crippen molar-refractivity contribution in [3.63, 3.8) is 0 Å². The largest absolute Gasteiger partial charge is 0.497 e. The third-order valence-electron chi connectivity index (χ3n) is 4.68. The van der Waals surface area contributed by atoms with Crippen molar-refractivity contribution in [2.75, 3.05) is 38.2 Å². The SMILES string of the molecule is COc1ccc(N2CCCN(Cc3ccccc3C)CC2)cc1. The van der Waals surface area contributed by atoms with Crippen LogP contribution in [0.15, 0.2) is 48.5 Å². The fraction of sp³-hybridized carbons (Fsp3) is 0.400. The van der Waals surface area contributed by atoms with Gasteiger partial charge in [0.1, 0.15) is 5.75 Å². The van der Waals surface area contributed by atoms with E-state index >= 15 is 0 Å². The molecular formula is C20H26N2O. The highest BCUT2D eigenvalue weighted by molar-refractivity contribution is 5.49. The van der Waals surface area contributed by atoms with Gasteiger partial charge in [0.05, 0.1) is 7.11 Å². The second-order valence-electron chi connectivity index (χ2n) is 6.24. The van der Waals surface area contributed by atoms with Gasteiger partial charge in [-0.2, -0.15) is 0 Å². The molecule has 1 heterocycles. The van der Waals surface area contributed by atoms with E-state index in [9.17, 15) is 0 Å². The van der Waals surface area contributed by atoms with Crippen LogP contribution >= 0.6 is 0 Å². The van der Waals surface area contributed by atoms with Crippen molar-refractivity contribution in [3.05, 3.63) is 59.7 Å². The fourth-order valence-electron chi connectivity index (χ4n) is 3.21. The Labute approximate surface area is 139 Å². The predicted octanol–water partition coefficient (Wildman–Crippen LogP) is 3.72. The molecule has 3 heteroatoms. The highest BCUT2D eigenvalue weighted by Gasteiger charge is 2.16. The molecule has 0 amide bonds. The summed E-state index contributed by atoms with van der Waals surface area (Å²) in [5.41, 5.74) is 4.14. The maximum atomic E-state index is 5.25. The molecule has 1 saturated heterocycles. The molecule has 23 heavy (non-hydrogen) atoms. The van der Waals surface area contributed by atoms with Crippen molar-refractivity contribution in [1.82, 2.24) is 4.90 Å². The molecule has 3 nitrogen and oxygen atoms in total. The van der Waals surface area contributed by atoms with Crippen LogP contribution in [0.1, 0.15) is 17.5 Å². The van der Waals surface area contributed by atoms with E-state index < -0.39 is 0 Å². The number of benzene rings is 2. The number of ether oxygens (including phenoxy) is 1. The summed E-state index contributed by atoms with van der Waals surface area (Å²) >= 11 is 0. The quantitative estimate of drug-likeness (QED) is 0.856. The Morgan fingerprint density at radius 2 is 1.70 bits per heavy atom. The number of nitrogens with zero attached hydrogens (tertiary/aromatic N) is 2. The topological polar surface area (TPSA) is 15.7 Å². The maximum Gasteiger partial charge on any atom is 0.119 e. The summed E-state index contributed by atoms with van der Waals surface area (Å²) < 4.78 is 5.25. The number of methoxy groups -OCH3 is 1. The molecule has 0 saturated carbocycles. The van der Waals surface area contributed by atoms with Crippen LogP contribution in [0.3, 0.4) is 0 Å². The molecule has 122 valence electrons. The molecule has 1 fully saturated rings. The van der Waals surface area contributed by atoms with E-state index in [1.165, 1.54) is 29.8 Å². The second-order valence-corrected chi connectivity index (χ2v) is 6.24. The summed E-state index contributed by atoms with van der Waals surface area (Å²) in [6.07, 6.45) is 1.21. The summed E-state index contributed by atoms with van der Waals surface area (Å²) in [7, 11) is 1.71. The average molecular weight is 310 g/mol. The first-order valence-electron chi connectivity index (χ1n) is 8.42. The molecule has 0 aromatic heterocycles. The summed E-state index contributed by atoms with van der Waals surface area (Å²) in [4.78, 5) is 5.06. The lowest BCUT2D eigenvalue weighted by molar-refractivity contribution is 0.285. The van der Waals surface area contributed by atoms with Crippen LogP contribution in [0.25, 0.3) is 0 Å². The minimum Gasteiger partial charge on any atom is -0.497 e. The first-order chi connectivity index (χ1) is 11.3. The van der Waals surface area contributed by atoms with Gasteiger partial charge in [-0.05, 0) is 48.7 Å². The Bertz CT molecular complexity index is 624. The number of hydrogen-bond donors (Lipinski definition) is 0. The lowest BCUT2D eigenvalue weighted by Crippen LogP contribution is -2.30. The van der Waals surface area contributed by atoms with E-state index in [0.717, 1.165) is 31.9 Å². The molecule has 0 radical (unpaired) electrons. The van der Waals surface area contributed by atoms with Gasteiger partial charge in [0.25, 0.3) is 0 Å². The summed E-state index contributed by atoms with van der Waals surface area (Å²) in [6, 6.07) is 17.1. The molecule has 0 bridgehead atoms. The summed E-state index contributed by atoms with van der Waals surface area (Å²) in [5, 5.41) is 0.